The highest BCUT2D eigenvalue weighted by atomic mass is 32.1. The molecule has 2 heterocycles. The molecule has 1 saturated heterocycles. The molecule has 5 nitrogen and oxygen atoms in total. The third-order valence-electron chi connectivity index (χ3n) is 3.72. The van der Waals surface area contributed by atoms with Gasteiger partial charge in [-0.15, -0.1) is 0 Å². The second-order valence-electron chi connectivity index (χ2n) is 5.23. The Balaban J connectivity index is 1.53. The van der Waals surface area contributed by atoms with Crippen LogP contribution in [0.15, 0.2) is 41.1 Å². The Bertz CT molecular complexity index is 680. The van der Waals surface area contributed by atoms with Crippen LogP contribution in [0, 0.1) is 5.82 Å². The zero-order chi connectivity index (χ0) is 16.2. The van der Waals surface area contributed by atoms with Gasteiger partial charge in [-0.1, -0.05) is 0 Å². The largest absolute Gasteiger partial charge is 0.335 e. The Labute approximate surface area is 137 Å². The van der Waals surface area contributed by atoms with Gasteiger partial charge in [-0.2, -0.15) is 11.3 Å². The summed E-state index contributed by atoms with van der Waals surface area (Å²) in [4.78, 5) is 27.8. The van der Waals surface area contributed by atoms with E-state index >= 15 is 0 Å². The van der Waals surface area contributed by atoms with Gasteiger partial charge in [-0.3, -0.25) is 4.79 Å². The van der Waals surface area contributed by atoms with E-state index in [-0.39, 0.29) is 17.8 Å². The van der Waals surface area contributed by atoms with E-state index in [1.54, 1.807) is 15.9 Å². The summed E-state index contributed by atoms with van der Waals surface area (Å²) in [6.45, 7) is 1.96. The number of nitrogens with one attached hydrogen (secondary N) is 1. The van der Waals surface area contributed by atoms with Gasteiger partial charge in [0.1, 0.15) is 5.82 Å². The predicted molar refractivity (Wildman–Crippen MR) is 87.2 cm³/mol. The maximum atomic E-state index is 12.9. The van der Waals surface area contributed by atoms with Crippen molar-refractivity contribution < 1.29 is 14.0 Å². The maximum Gasteiger partial charge on any atom is 0.321 e. The molecule has 120 valence electrons. The molecule has 3 rings (SSSR count). The number of halogens is 1. The molecule has 1 fully saturated rings. The predicted octanol–water partition coefficient (Wildman–Crippen LogP) is 2.88. The lowest BCUT2D eigenvalue weighted by molar-refractivity contribution is 0.0672. The van der Waals surface area contributed by atoms with Crippen molar-refractivity contribution in [1.82, 2.24) is 9.80 Å². The van der Waals surface area contributed by atoms with Crippen molar-refractivity contribution in [2.75, 3.05) is 31.5 Å². The van der Waals surface area contributed by atoms with E-state index in [4.69, 9.17) is 0 Å². The number of carbonyl (C=O) groups excluding carboxylic acids is 2. The number of hydrogen-bond donors (Lipinski definition) is 1. The topological polar surface area (TPSA) is 52.7 Å². The van der Waals surface area contributed by atoms with E-state index < -0.39 is 0 Å². The van der Waals surface area contributed by atoms with Crippen LogP contribution in [-0.4, -0.2) is 47.9 Å². The maximum absolute atomic E-state index is 12.9. The van der Waals surface area contributed by atoms with E-state index in [2.05, 4.69) is 5.32 Å². The van der Waals surface area contributed by atoms with Crippen molar-refractivity contribution in [3.63, 3.8) is 0 Å². The number of piperazine rings is 1. The SMILES string of the molecule is O=C(Nc1ccc(F)cc1)N1CCN(C(=O)c2ccsc2)CC1. The van der Waals surface area contributed by atoms with Gasteiger partial charge in [0.15, 0.2) is 0 Å². The molecule has 0 atom stereocenters. The second-order valence-corrected chi connectivity index (χ2v) is 6.01. The molecule has 0 unspecified atom stereocenters. The van der Waals surface area contributed by atoms with Crippen LogP contribution in [0.1, 0.15) is 10.4 Å². The molecule has 0 aliphatic carbocycles. The van der Waals surface area contributed by atoms with Gasteiger partial charge in [0.05, 0.1) is 5.56 Å². The van der Waals surface area contributed by atoms with Crippen molar-refractivity contribution in [1.29, 1.82) is 0 Å². The van der Waals surface area contributed by atoms with Gasteiger partial charge in [0, 0.05) is 37.2 Å². The second kappa shape index (κ2) is 6.78. The molecule has 0 saturated carbocycles. The minimum Gasteiger partial charge on any atom is -0.335 e. The van der Waals surface area contributed by atoms with Gasteiger partial charge >= 0.3 is 6.03 Å². The molecular weight excluding hydrogens is 317 g/mol. The standard InChI is InChI=1S/C16H16FN3O2S/c17-13-1-3-14(4-2-13)18-16(22)20-8-6-19(7-9-20)15(21)12-5-10-23-11-12/h1-5,10-11H,6-9H2,(H,18,22). The van der Waals surface area contributed by atoms with Gasteiger partial charge in [-0.05, 0) is 35.7 Å². The van der Waals surface area contributed by atoms with Crippen molar-refractivity contribution >= 4 is 29.0 Å². The fourth-order valence-electron chi connectivity index (χ4n) is 2.42. The normalized spacial score (nSPS) is 14.7. The van der Waals surface area contributed by atoms with Crippen LogP contribution in [0.2, 0.25) is 0 Å². The van der Waals surface area contributed by atoms with Gasteiger partial charge in [-0.25, -0.2) is 9.18 Å². The van der Waals surface area contributed by atoms with Crippen LogP contribution in [0.25, 0.3) is 0 Å². The lowest BCUT2D eigenvalue weighted by Gasteiger charge is -2.34. The summed E-state index contributed by atoms with van der Waals surface area (Å²) in [5, 5.41) is 6.43. The highest BCUT2D eigenvalue weighted by Gasteiger charge is 2.25. The average Bonchev–Trinajstić information content (AvgIpc) is 3.11. The van der Waals surface area contributed by atoms with Crippen LogP contribution < -0.4 is 5.32 Å². The van der Waals surface area contributed by atoms with Crippen molar-refractivity contribution in [2.24, 2.45) is 0 Å². The molecule has 1 aromatic carbocycles. The summed E-state index contributed by atoms with van der Waals surface area (Å²) in [7, 11) is 0. The Hall–Kier alpha value is -2.41. The molecule has 0 bridgehead atoms. The van der Waals surface area contributed by atoms with Crippen LogP contribution in [-0.2, 0) is 0 Å². The summed E-state index contributed by atoms with van der Waals surface area (Å²) in [6.07, 6.45) is 0. The monoisotopic (exact) mass is 333 g/mol. The minimum absolute atomic E-state index is 0.00448. The van der Waals surface area contributed by atoms with Crippen molar-refractivity contribution in [2.45, 2.75) is 0 Å². The van der Waals surface area contributed by atoms with Gasteiger partial charge in [0.25, 0.3) is 5.91 Å². The first-order chi connectivity index (χ1) is 11.1. The third-order valence-corrected chi connectivity index (χ3v) is 4.40. The molecule has 1 aromatic heterocycles. The summed E-state index contributed by atoms with van der Waals surface area (Å²) >= 11 is 1.49. The highest BCUT2D eigenvalue weighted by Crippen LogP contribution is 2.13. The number of anilines is 1. The summed E-state index contributed by atoms with van der Waals surface area (Å²) < 4.78 is 12.9. The number of benzene rings is 1. The molecule has 1 aliphatic heterocycles. The quantitative estimate of drug-likeness (QED) is 0.919. The number of nitrogens with zero attached hydrogens (tertiary/aromatic N) is 2. The van der Waals surface area contributed by atoms with Crippen LogP contribution in [0.4, 0.5) is 14.9 Å². The molecule has 3 amide bonds. The fraction of sp³-hybridized carbons (Fsp3) is 0.250. The van der Waals surface area contributed by atoms with E-state index in [9.17, 15) is 14.0 Å². The Morgan fingerprint density at radius 1 is 1.00 bits per heavy atom. The van der Waals surface area contributed by atoms with Gasteiger partial charge < -0.3 is 15.1 Å². The van der Waals surface area contributed by atoms with Gasteiger partial charge in [0.2, 0.25) is 0 Å². The minimum atomic E-state index is -0.344. The number of thiophene rings is 1. The molecule has 1 N–H and O–H groups in total. The summed E-state index contributed by atoms with van der Waals surface area (Å²) in [6, 6.07) is 7.20. The smallest absolute Gasteiger partial charge is 0.321 e. The molecule has 7 heteroatoms. The zero-order valence-electron chi connectivity index (χ0n) is 12.4. The molecule has 0 spiro atoms. The molecular formula is C16H16FN3O2S. The zero-order valence-corrected chi connectivity index (χ0v) is 13.2. The number of amides is 3. The molecule has 23 heavy (non-hydrogen) atoms. The lowest BCUT2D eigenvalue weighted by Crippen LogP contribution is -2.51. The number of rotatable bonds is 2. The molecule has 2 aromatic rings. The number of carbonyl (C=O) groups is 2. The molecule has 1 aliphatic rings. The average molecular weight is 333 g/mol. The third kappa shape index (κ3) is 3.68. The van der Waals surface area contributed by atoms with E-state index in [0.717, 1.165) is 0 Å². The van der Waals surface area contributed by atoms with E-state index in [1.807, 2.05) is 10.8 Å². The Morgan fingerprint density at radius 2 is 1.65 bits per heavy atom. The van der Waals surface area contributed by atoms with E-state index in [1.165, 1.54) is 35.6 Å². The first-order valence-electron chi connectivity index (χ1n) is 7.26. The number of hydrogen-bond acceptors (Lipinski definition) is 3. The van der Waals surface area contributed by atoms with Crippen LogP contribution in [0.3, 0.4) is 0 Å². The highest BCUT2D eigenvalue weighted by molar-refractivity contribution is 7.08. The Morgan fingerprint density at radius 3 is 2.26 bits per heavy atom. The first kappa shape index (κ1) is 15.5. The molecule has 0 radical (unpaired) electrons. The van der Waals surface area contributed by atoms with Crippen molar-refractivity contribution in [3.8, 4) is 0 Å². The summed E-state index contributed by atoms with van der Waals surface area (Å²) in [5.74, 6) is -0.339. The lowest BCUT2D eigenvalue weighted by atomic mass is 10.2. The fourth-order valence-corrected chi connectivity index (χ4v) is 3.05. The number of urea groups is 1. The van der Waals surface area contributed by atoms with E-state index in [0.29, 0.717) is 37.4 Å². The van der Waals surface area contributed by atoms with Crippen molar-refractivity contribution in [3.05, 3.63) is 52.5 Å². The Kier molecular flexibility index (Phi) is 4.57. The first-order valence-corrected chi connectivity index (χ1v) is 8.21. The summed E-state index contributed by atoms with van der Waals surface area (Å²) in [5.41, 5.74) is 1.24. The van der Waals surface area contributed by atoms with Crippen LogP contribution >= 0.6 is 11.3 Å². The van der Waals surface area contributed by atoms with Crippen LogP contribution in [0.5, 0.6) is 0 Å².